The molecule has 1 aromatic heterocycles. The number of nitrogens with zero attached hydrogens (tertiary/aromatic N) is 1. The van der Waals surface area contributed by atoms with Crippen molar-refractivity contribution in [1.82, 2.24) is 4.98 Å². The Bertz CT molecular complexity index is 797. The van der Waals surface area contributed by atoms with Crippen molar-refractivity contribution in [2.45, 2.75) is 12.1 Å². The highest BCUT2D eigenvalue weighted by atomic mass is 35.5. The van der Waals surface area contributed by atoms with Crippen LogP contribution < -0.4 is 4.74 Å². The van der Waals surface area contributed by atoms with E-state index in [4.69, 9.17) is 20.8 Å². The van der Waals surface area contributed by atoms with Crippen molar-refractivity contribution < 1.29 is 22.3 Å². The van der Waals surface area contributed by atoms with Crippen LogP contribution in [0.25, 0.3) is 11.1 Å². The van der Waals surface area contributed by atoms with Gasteiger partial charge in [0.15, 0.2) is 16.8 Å². The first-order chi connectivity index (χ1) is 10.5. The maximum atomic E-state index is 12.5. The highest BCUT2D eigenvalue weighted by Gasteiger charge is 2.30. The third kappa shape index (κ3) is 2.87. The van der Waals surface area contributed by atoms with E-state index in [1.807, 2.05) is 0 Å². The molecule has 0 aliphatic heterocycles. The zero-order valence-electron chi connectivity index (χ0n) is 11.0. The summed E-state index contributed by atoms with van der Waals surface area (Å²) in [4.78, 5) is 4.18. The van der Waals surface area contributed by atoms with Crippen molar-refractivity contribution in [3.8, 4) is 11.5 Å². The van der Waals surface area contributed by atoms with Gasteiger partial charge in [-0.3, -0.25) is 0 Å². The first kappa shape index (κ1) is 14.7. The lowest BCUT2D eigenvalue weighted by Crippen LogP contribution is -2.03. The maximum Gasteiger partial charge on any atom is 0.416 e. The largest absolute Gasteiger partial charge is 0.455 e. The number of rotatable bonds is 3. The third-order valence-electron chi connectivity index (χ3n) is 2.95. The molecule has 0 bridgehead atoms. The van der Waals surface area contributed by atoms with E-state index in [2.05, 4.69) is 4.98 Å². The zero-order valence-corrected chi connectivity index (χ0v) is 11.8. The van der Waals surface area contributed by atoms with Gasteiger partial charge in [0.05, 0.1) is 11.4 Å². The molecule has 0 aliphatic carbocycles. The van der Waals surface area contributed by atoms with Crippen LogP contribution in [0.2, 0.25) is 0 Å². The van der Waals surface area contributed by atoms with Crippen molar-refractivity contribution in [3.05, 3.63) is 53.9 Å². The minimum absolute atomic E-state index is 0.119. The van der Waals surface area contributed by atoms with E-state index in [1.54, 1.807) is 18.2 Å². The van der Waals surface area contributed by atoms with Crippen molar-refractivity contribution in [2.75, 3.05) is 0 Å². The molecule has 114 valence electrons. The van der Waals surface area contributed by atoms with Crippen molar-refractivity contribution in [3.63, 3.8) is 0 Å². The quantitative estimate of drug-likeness (QED) is 0.606. The number of aromatic nitrogens is 1. The second-order valence-corrected chi connectivity index (χ2v) is 4.74. The topological polar surface area (TPSA) is 35.3 Å². The predicted molar refractivity (Wildman–Crippen MR) is 75.1 cm³/mol. The van der Waals surface area contributed by atoms with Gasteiger partial charge in [0.25, 0.3) is 0 Å². The summed E-state index contributed by atoms with van der Waals surface area (Å²) >= 11 is 5.67. The number of para-hydroxylation sites is 1. The fourth-order valence-electron chi connectivity index (χ4n) is 1.95. The van der Waals surface area contributed by atoms with Crippen LogP contribution in [0.15, 0.2) is 46.9 Å². The summed E-state index contributed by atoms with van der Waals surface area (Å²) in [5, 5.41) is 0. The second kappa shape index (κ2) is 5.53. The molecule has 0 saturated heterocycles. The zero-order chi connectivity index (χ0) is 15.7. The van der Waals surface area contributed by atoms with Crippen molar-refractivity contribution in [1.29, 1.82) is 0 Å². The molecule has 0 spiro atoms. The van der Waals surface area contributed by atoms with Crippen LogP contribution in [-0.4, -0.2) is 4.98 Å². The number of benzene rings is 2. The van der Waals surface area contributed by atoms with Crippen LogP contribution in [0.4, 0.5) is 13.2 Å². The Hall–Kier alpha value is -2.21. The fourth-order valence-corrected chi connectivity index (χ4v) is 2.06. The number of hydrogen-bond donors (Lipinski definition) is 0. The van der Waals surface area contributed by atoms with E-state index in [0.717, 1.165) is 12.1 Å². The van der Waals surface area contributed by atoms with Crippen molar-refractivity contribution in [2.24, 2.45) is 0 Å². The molecule has 2 aromatic carbocycles. The molecule has 0 unspecified atom stereocenters. The lowest BCUT2D eigenvalue weighted by Gasteiger charge is -2.09. The molecule has 0 atom stereocenters. The van der Waals surface area contributed by atoms with Gasteiger partial charge in [-0.05, 0) is 36.4 Å². The van der Waals surface area contributed by atoms with Gasteiger partial charge in [0, 0.05) is 0 Å². The van der Waals surface area contributed by atoms with E-state index < -0.39 is 11.7 Å². The predicted octanol–water partition coefficient (Wildman–Crippen LogP) is 5.38. The van der Waals surface area contributed by atoms with E-state index in [9.17, 15) is 13.2 Å². The van der Waals surface area contributed by atoms with Gasteiger partial charge in [-0.25, -0.2) is 4.98 Å². The summed E-state index contributed by atoms with van der Waals surface area (Å²) < 4.78 is 48.5. The van der Waals surface area contributed by atoms with E-state index in [-0.39, 0.29) is 11.6 Å². The SMILES string of the molecule is FC(F)(F)c1ccc(Oc2cccc3oc(CCl)nc23)cc1. The number of fused-ring (bicyclic) bond motifs is 1. The molecule has 3 aromatic rings. The summed E-state index contributed by atoms with van der Waals surface area (Å²) in [7, 11) is 0. The summed E-state index contributed by atoms with van der Waals surface area (Å²) in [5.74, 6) is 1.13. The molecule has 0 amide bonds. The van der Waals surface area contributed by atoms with Crippen molar-refractivity contribution >= 4 is 22.7 Å². The molecular formula is C15H9ClF3NO2. The summed E-state index contributed by atoms with van der Waals surface area (Å²) in [6.07, 6.45) is -4.38. The molecule has 3 nitrogen and oxygen atoms in total. The van der Waals surface area contributed by atoms with Gasteiger partial charge in [0.2, 0.25) is 5.89 Å². The molecule has 22 heavy (non-hydrogen) atoms. The molecule has 0 aliphatic rings. The van der Waals surface area contributed by atoms with E-state index in [0.29, 0.717) is 22.7 Å². The standard InChI is InChI=1S/C15H9ClF3NO2/c16-8-13-20-14-11(2-1-3-12(14)22-13)21-10-6-4-9(5-7-10)15(17,18)19/h1-7H,8H2. The monoisotopic (exact) mass is 327 g/mol. The van der Waals surface area contributed by atoms with Crippen LogP contribution in [0.5, 0.6) is 11.5 Å². The minimum atomic E-state index is -4.38. The highest BCUT2D eigenvalue weighted by molar-refractivity contribution is 6.16. The van der Waals surface area contributed by atoms with E-state index in [1.165, 1.54) is 12.1 Å². The summed E-state index contributed by atoms with van der Waals surface area (Å²) in [6, 6.07) is 9.49. The molecule has 0 fully saturated rings. The Morgan fingerprint density at radius 1 is 1.09 bits per heavy atom. The normalized spacial score (nSPS) is 11.8. The Morgan fingerprint density at radius 2 is 1.82 bits per heavy atom. The van der Waals surface area contributed by atoms with Crippen LogP contribution >= 0.6 is 11.6 Å². The van der Waals surface area contributed by atoms with Crippen LogP contribution in [0, 0.1) is 0 Å². The lowest BCUT2D eigenvalue weighted by molar-refractivity contribution is -0.137. The van der Waals surface area contributed by atoms with Gasteiger partial charge < -0.3 is 9.15 Å². The molecule has 0 saturated carbocycles. The number of ether oxygens (including phenoxy) is 1. The van der Waals surface area contributed by atoms with Crippen LogP contribution in [0.1, 0.15) is 11.5 Å². The summed E-state index contributed by atoms with van der Waals surface area (Å²) in [5.41, 5.74) is 0.238. The lowest BCUT2D eigenvalue weighted by atomic mass is 10.2. The second-order valence-electron chi connectivity index (χ2n) is 4.47. The minimum Gasteiger partial charge on any atom is -0.455 e. The molecular weight excluding hydrogens is 319 g/mol. The van der Waals surface area contributed by atoms with Gasteiger partial charge in [-0.2, -0.15) is 13.2 Å². The number of hydrogen-bond acceptors (Lipinski definition) is 3. The first-order valence-electron chi connectivity index (χ1n) is 6.27. The highest BCUT2D eigenvalue weighted by Crippen LogP contribution is 2.33. The smallest absolute Gasteiger partial charge is 0.416 e. The van der Waals surface area contributed by atoms with Gasteiger partial charge in [-0.15, -0.1) is 11.6 Å². The molecule has 7 heteroatoms. The Labute approximate surface area is 128 Å². The molecule has 3 rings (SSSR count). The average molecular weight is 328 g/mol. The van der Waals surface area contributed by atoms with Gasteiger partial charge >= 0.3 is 6.18 Å². The first-order valence-corrected chi connectivity index (χ1v) is 6.80. The third-order valence-corrected chi connectivity index (χ3v) is 3.18. The Balaban J connectivity index is 1.91. The Morgan fingerprint density at radius 3 is 2.45 bits per heavy atom. The number of alkyl halides is 4. The van der Waals surface area contributed by atoms with Gasteiger partial charge in [0.1, 0.15) is 5.75 Å². The molecule has 1 heterocycles. The van der Waals surface area contributed by atoms with E-state index >= 15 is 0 Å². The number of oxazole rings is 1. The molecule has 0 radical (unpaired) electrons. The molecule has 0 N–H and O–H groups in total. The average Bonchev–Trinajstić information content (AvgIpc) is 2.91. The Kier molecular flexibility index (Phi) is 3.70. The fraction of sp³-hybridized carbons (Fsp3) is 0.133. The maximum absolute atomic E-state index is 12.5. The van der Waals surface area contributed by atoms with Crippen LogP contribution in [-0.2, 0) is 12.1 Å². The van der Waals surface area contributed by atoms with Crippen LogP contribution in [0.3, 0.4) is 0 Å². The summed E-state index contributed by atoms with van der Waals surface area (Å²) in [6.45, 7) is 0. The van der Waals surface area contributed by atoms with Gasteiger partial charge in [-0.1, -0.05) is 6.07 Å². The number of halogens is 4.